The number of nitrogens with one attached hydrogen (secondary N) is 1. The third-order valence-corrected chi connectivity index (χ3v) is 6.47. The number of imidazole rings is 1. The van der Waals surface area contributed by atoms with E-state index in [1.165, 1.54) is 15.6 Å². The van der Waals surface area contributed by atoms with Crippen molar-refractivity contribution in [3.63, 3.8) is 0 Å². The maximum atomic E-state index is 9.66. The summed E-state index contributed by atoms with van der Waals surface area (Å²) < 4.78 is 3.21. The van der Waals surface area contributed by atoms with E-state index in [-0.39, 0.29) is 6.10 Å². The van der Waals surface area contributed by atoms with Crippen molar-refractivity contribution in [3.05, 3.63) is 48.0 Å². The standard InChI is InChI=1S/C21H22N4OS/c26-15-7-5-14(6-8-15)11-22-20-9-10-21-23-12-18(25(21)24-20)17-13-27-19-4-2-1-3-16(17)19/h1-4,9-10,12-15,26H,5-8,11H2,(H,22,24). The van der Waals surface area contributed by atoms with Gasteiger partial charge in [-0.2, -0.15) is 0 Å². The van der Waals surface area contributed by atoms with Gasteiger partial charge in [-0.3, -0.25) is 0 Å². The molecule has 5 nitrogen and oxygen atoms in total. The lowest BCUT2D eigenvalue weighted by molar-refractivity contribution is 0.111. The second kappa shape index (κ2) is 6.94. The fourth-order valence-electron chi connectivity index (χ4n) is 3.93. The Labute approximate surface area is 161 Å². The lowest BCUT2D eigenvalue weighted by Crippen LogP contribution is -2.23. The molecule has 138 valence electrons. The highest BCUT2D eigenvalue weighted by molar-refractivity contribution is 7.17. The van der Waals surface area contributed by atoms with E-state index in [4.69, 9.17) is 5.10 Å². The maximum absolute atomic E-state index is 9.66. The van der Waals surface area contributed by atoms with Gasteiger partial charge in [0.25, 0.3) is 0 Å². The smallest absolute Gasteiger partial charge is 0.154 e. The Balaban J connectivity index is 1.43. The van der Waals surface area contributed by atoms with E-state index in [9.17, 15) is 5.11 Å². The summed E-state index contributed by atoms with van der Waals surface area (Å²) in [5.41, 5.74) is 3.05. The molecule has 2 N–H and O–H groups in total. The predicted molar refractivity (Wildman–Crippen MR) is 110 cm³/mol. The van der Waals surface area contributed by atoms with Gasteiger partial charge in [0.15, 0.2) is 5.65 Å². The van der Waals surface area contributed by atoms with Crippen LogP contribution in [-0.4, -0.2) is 32.4 Å². The van der Waals surface area contributed by atoms with Crippen molar-refractivity contribution in [2.24, 2.45) is 5.92 Å². The molecule has 0 spiro atoms. The van der Waals surface area contributed by atoms with Gasteiger partial charge in [-0.05, 0) is 49.8 Å². The molecule has 6 heteroatoms. The lowest BCUT2D eigenvalue weighted by Gasteiger charge is -2.25. The normalized spacial score (nSPS) is 20.3. The highest BCUT2D eigenvalue weighted by atomic mass is 32.1. The minimum Gasteiger partial charge on any atom is -0.393 e. The Morgan fingerprint density at radius 3 is 2.85 bits per heavy atom. The van der Waals surface area contributed by atoms with E-state index in [1.807, 2.05) is 22.8 Å². The van der Waals surface area contributed by atoms with Crippen molar-refractivity contribution in [2.75, 3.05) is 11.9 Å². The quantitative estimate of drug-likeness (QED) is 0.546. The summed E-state index contributed by atoms with van der Waals surface area (Å²) in [6.45, 7) is 0.899. The summed E-state index contributed by atoms with van der Waals surface area (Å²) in [7, 11) is 0. The zero-order valence-corrected chi connectivity index (χ0v) is 15.8. The molecule has 27 heavy (non-hydrogen) atoms. The van der Waals surface area contributed by atoms with Gasteiger partial charge in [0.05, 0.1) is 18.0 Å². The lowest BCUT2D eigenvalue weighted by atomic mass is 9.87. The van der Waals surface area contributed by atoms with Gasteiger partial charge >= 0.3 is 0 Å². The van der Waals surface area contributed by atoms with Crippen LogP contribution < -0.4 is 5.32 Å². The van der Waals surface area contributed by atoms with Gasteiger partial charge in [-0.15, -0.1) is 16.4 Å². The molecule has 1 aliphatic rings. The zero-order chi connectivity index (χ0) is 18.2. The number of fused-ring (bicyclic) bond motifs is 2. The van der Waals surface area contributed by atoms with Crippen molar-refractivity contribution in [2.45, 2.75) is 31.8 Å². The number of hydrogen-bond donors (Lipinski definition) is 2. The average molecular weight is 379 g/mol. The molecule has 0 radical (unpaired) electrons. The molecule has 1 aliphatic carbocycles. The number of aliphatic hydroxyl groups excluding tert-OH is 1. The summed E-state index contributed by atoms with van der Waals surface area (Å²) in [5.74, 6) is 1.47. The number of nitrogens with zero attached hydrogens (tertiary/aromatic N) is 3. The SMILES string of the molecule is OC1CCC(CNc2ccc3ncc(-c4csc5ccccc45)n3n2)CC1. The van der Waals surface area contributed by atoms with Gasteiger partial charge < -0.3 is 10.4 Å². The summed E-state index contributed by atoms with van der Waals surface area (Å²) in [6.07, 6.45) is 5.78. The highest BCUT2D eigenvalue weighted by Crippen LogP contribution is 2.34. The Morgan fingerprint density at radius 2 is 1.96 bits per heavy atom. The van der Waals surface area contributed by atoms with Crippen LogP contribution in [0.5, 0.6) is 0 Å². The molecule has 5 rings (SSSR count). The van der Waals surface area contributed by atoms with E-state index >= 15 is 0 Å². The van der Waals surface area contributed by atoms with Crippen LogP contribution in [0.3, 0.4) is 0 Å². The Kier molecular flexibility index (Phi) is 4.30. The zero-order valence-electron chi connectivity index (χ0n) is 15.0. The fraction of sp³-hybridized carbons (Fsp3) is 0.333. The van der Waals surface area contributed by atoms with Crippen LogP contribution in [0.1, 0.15) is 25.7 Å². The second-order valence-electron chi connectivity index (χ2n) is 7.33. The topological polar surface area (TPSA) is 62.5 Å². The van der Waals surface area contributed by atoms with Crippen LogP contribution in [-0.2, 0) is 0 Å². The number of rotatable bonds is 4. The molecular formula is C21H22N4OS. The predicted octanol–water partition coefficient (Wildman–Crippen LogP) is 4.57. The van der Waals surface area contributed by atoms with Crippen molar-refractivity contribution < 1.29 is 5.11 Å². The van der Waals surface area contributed by atoms with Gasteiger partial charge in [0.1, 0.15) is 5.82 Å². The molecule has 1 aromatic carbocycles. The first-order valence-corrected chi connectivity index (χ1v) is 10.4. The van der Waals surface area contributed by atoms with Crippen molar-refractivity contribution in [1.29, 1.82) is 0 Å². The number of benzene rings is 1. The molecule has 0 amide bonds. The minimum atomic E-state index is -0.107. The van der Waals surface area contributed by atoms with Crippen LogP contribution in [0.25, 0.3) is 27.0 Å². The van der Waals surface area contributed by atoms with E-state index < -0.39 is 0 Å². The number of aliphatic hydroxyl groups is 1. The largest absolute Gasteiger partial charge is 0.393 e. The van der Waals surface area contributed by atoms with E-state index in [0.717, 1.165) is 49.4 Å². The molecule has 0 bridgehead atoms. The minimum absolute atomic E-state index is 0.107. The van der Waals surface area contributed by atoms with E-state index in [1.54, 1.807) is 11.3 Å². The second-order valence-corrected chi connectivity index (χ2v) is 8.24. The molecule has 3 aromatic heterocycles. The Hall–Kier alpha value is -2.44. The molecule has 0 aliphatic heterocycles. The van der Waals surface area contributed by atoms with Gasteiger partial charge in [-0.25, -0.2) is 9.50 Å². The van der Waals surface area contributed by atoms with Crippen LogP contribution in [0.4, 0.5) is 5.82 Å². The summed E-state index contributed by atoms with van der Waals surface area (Å²) >= 11 is 1.75. The molecule has 1 fully saturated rings. The van der Waals surface area contributed by atoms with Crippen LogP contribution in [0.15, 0.2) is 48.0 Å². The number of thiophene rings is 1. The van der Waals surface area contributed by atoms with E-state index in [2.05, 4.69) is 39.9 Å². The Bertz CT molecular complexity index is 1080. The van der Waals surface area contributed by atoms with E-state index in [0.29, 0.717) is 5.92 Å². The first kappa shape index (κ1) is 16.7. The molecule has 0 unspecified atom stereocenters. The van der Waals surface area contributed by atoms with Crippen LogP contribution in [0, 0.1) is 5.92 Å². The third-order valence-electron chi connectivity index (χ3n) is 5.51. The van der Waals surface area contributed by atoms with Gasteiger partial charge in [0, 0.05) is 27.6 Å². The van der Waals surface area contributed by atoms with Crippen LogP contribution in [0.2, 0.25) is 0 Å². The number of hydrogen-bond acceptors (Lipinski definition) is 5. The molecule has 3 heterocycles. The average Bonchev–Trinajstić information content (AvgIpc) is 3.31. The number of anilines is 1. The van der Waals surface area contributed by atoms with Gasteiger partial charge in [-0.1, -0.05) is 18.2 Å². The van der Waals surface area contributed by atoms with Crippen LogP contribution >= 0.6 is 11.3 Å². The molecule has 4 aromatic rings. The molecule has 1 saturated carbocycles. The summed E-state index contributed by atoms with van der Waals surface area (Å²) in [5, 5.41) is 21.4. The fourth-order valence-corrected chi connectivity index (χ4v) is 4.88. The Morgan fingerprint density at radius 1 is 1.11 bits per heavy atom. The molecule has 0 saturated heterocycles. The first-order valence-electron chi connectivity index (χ1n) is 9.51. The maximum Gasteiger partial charge on any atom is 0.154 e. The summed E-state index contributed by atoms with van der Waals surface area (Å²) in [4.78, 5) is 4.53. The summed E-state index contributed by atoms with van der Waals surface area (Å²) in [6, 6.07) is 12.5. The van der Waals surface area contributed by atoms with Crippen molar-refractivity contribution >= 4 is 32.9 Å². The van der Waals surface area contributed by atoms with Gasteiger partial charge in [0.2, 0.25) is 0 Å². The first-order chi connectivity index (χ1) is 13.3. The highest BCUT2D eigenvalue weighted by Gasteiger charge is 2.19. The monoisotopic (exact) mass is 378 g/mol. The van der Waals surface area contributed by atoms with Crippen molar-refractivity contribution in [1.82, 2.24) is 14.6 Å². The molecule has 0 atom stereocenters. The number of aromatic nitrogens is 3. The molecular weight excluding hydrogens is 356 g/mol. The van der Waals surface area contributed by atoms with Crippen molar-refractivity contribution in [3.8, 4) is 11.3 Å². The third kappa shape index (κ3) is 3.19.